The Balaban J connectivity index is 2.04. The minimum atomic E-state index is -0.659. The molecule has 18 heavy (non-hydrogen) atoms. The van der Waals surface area contributed by atoms with E-state index in [0.717, 1.165) is 35.7 Å². The van der Waals surface area contributed by atoms with Crippen LogP contribution < -0.4 is 0 Å². The van der Waals surface area contributed by atoms with E-state index in [2.05, 4.69) is 31.0 Å². The van der Waals surface area contributed by atoms with Crippen LogP contribution in [-0.4, -0.2) is 10.1 Å². The highest BCUT2D eigenvalue weighted by Gasteiger charge is 2.42. The van der Waals surface area contributed by atoms with Crippen LogP contribution in [0.4, 0.5) is 0 Å². The smallest absolute Gasteiger partial charge is 0.0902 e. The minimum absolute atomic E-state index is 0.235. The van der Waals surface area contributed by atoms with Gasteiger partial charge in [0.1, 0.15) is 0 Å². The van der Waals surface area contributed by atoms with Crippen LogP contribution in [0.1, 0.15) is 38.7 Å². The van der Waals surface area contributed by atoms with Gasteiger partial charge < -0.3 is 5.11 Å². The van der Waals surface area contributed by atoms with Crippen molar-refractivity contribution in [1.82, 2.24) is 4.98 Å². The van der Waals surface area contributed by atoms with Crippen LogP contribution in [0, 0.1) is 5.41 Å². The van der Waals surface area contributed by atoms with Crippen LogP contribution in [0.3, 0.4) is 0 Å². The van der Waals surface area contributed by atoms with Crippen molar-refractivity contribution in [2.24, 2.45) is 5.41 Å². The molecule has 3 rings (SSSR count). The predicted molar refractivity (Wildman–Crippen MR) is 73.3 cm³/mol. The Morgan fingerprint density at radius 2 is 2.00 bits per heavy atom. The summed E-state index contributed by atoms with van der Waals surface area (Å²) in [5.41, 5.74) is 1.60. The molecule has 1 heterocycles. The maximum Gasteiger partial charge on any atom is 0.0902 e. The summed E-state index contributed by atoms with van der Waals surface area (Å²) in [6.45, 7) is 4.46. The van der Waals surface area contributed by atoms with Gasteiger partial charge in [0.25, 0.3) is 0 Å². The fourth-order valence-electron chi connectivity index (χ4n) is 3.13. The van der Waals surface area contributed by atoms with Gasteiger partial charge in [-0.3, -0.25) is 4.98 Å². The Morgan fingerprint density at radius 3 is 2.72 bits per heavy atom. The van der Waals surface area contributed by atoms with Crippen molar-refractivity contribution in [1.29, 1.82) is 0 Å². The van der Waals surface area contributed by atoms with Gasteiger partial charge in [0.2, 0.25) is 0 Å². The first-order chi connectivity index (χ1) is 8.49. The molecule has 2 nitrogen and oxygen atoms in total. The Hall–Kier alpha value is -1.41. The summed E-state index contributed by atoms with van der Waals surface area (Å²) >= 11 is 0. The number of nitrogens with zero attached hydrogens (tertiary/aromatic N) is 1. The molecule has 2 aromatic rings. The zero-order chi connectivity index (χ0) is 12.8. The Kier molecular flexibility index (Phi) is 2.46. The Bertz CT molecular complexity index is 590. The Labute approximate surface area is 108 Å². The average molecular weight is 241 g/mol. The molecule has 1 aliphatic rings. The summed E-state index contributed by atoms with van der Waals surface area (Å²) in [5.74, 6) is 0. The first-order valence-corrected chi connectivity index (χ1v) is 6.56. The summed E-state index contributed by atoms with van der Waals surface area (Å²) in [6.07, 6.45) is 4.57. The van der Waals surface area contributed by atoms with Crippen LogP contribution in [0.15, 0.2) is 36.5 Å². The van der Waals surface area contributed by atoms with Crippen molar-refractivity contribution in [2.75, 3.05) is 0 Å². The van der Waals surface area contributed by atoms with E-state index in [1.54, 1.807) is 6.20 Å². The molecule has 1 aromatic heterocycles. The topological polar surface area (TPSA) is 33.1 Å². The summed E-state index contributed by atoms with van der Waals surface area (Å²) < 4.78 is 0. The second kappa shape index (κ2) is 3.79. The molecule has 0 radical (unpaired) electrons. The quantitative estimate of drug-likeness (QED) is 0.827. The molecule has 0 amide bonds. The number of benzene rings is 1. The molecule has 1 fully saturated rings. The van der Waals surface area contributed by atoms with Gasteiger partial charge in [-0.25, -0.2) is 0 Å². The molecular formula is C16H19NO. The van der Waals surface area contributed by atoms with E-state index in [1.807, 2.05) is 18.2 Å². The highest BCUT2D eigenvalue weighted by atomic mass is 16.3. The molecule has 1 saturated carbocycles. The largest absolute Gasteiger partial charge is 0.385 e. The number of hydrogen-bond donors (Lipinski definition) is 1. The normalized spacial score (nSPS) is 26.6. The van der Waals surface area contributed by atoms with Gasteiger partial charge in [-0.2, -0.15) is 0 Å². The molecule has 0 aliphatic heterocycles. The number of aliphatic hydroxyl groups is 1. The number of hydrogen-bond acceptors (Lipinski definition) is 2. The second-order valence-corrected chi connectivity index (χ2v) is 6.28. The lowest BCUT2D eigenvalue weighted by Crippen LogP contribution is -2.23. The van der Waals surface area contributed by atoms with Gasteiger partial charge in [-0.1, -0.05) is 26.0 Å². The van der Waals surface area contributed by atoms with Crippen molar-refractivity contribution in [2.45, 2.75) is 38.7 Å². The lowest BCUT2D eigenvalue weighted by Gasteiger charge is -2.26. The third kappa shape index (κ3) is 1.91. The van der Waals surface area contributed by atoms with E-state index in [4.69, 9.17) is 0 Å². The van der Waals surface area contributed by atoms with Crippen molar-refractivity contribution in [3.05, 3.63) is 42.1 Å². The van der Waals surface area contributed by atoms with E-state index < -0.39 is 5.60 Å². The van der Waals surface area contributed by atoms with Gasteiger partial charge in [-0.15, -0.1) is 0 Å². The van der Waals surface area contributed by atoms with E-state index in [9.17, 15) is 5.11 Å². The van der Waals surface area contributed by atoms with Crippen molar-refractivity contribution in [3.63, 3.8) is 0 Å². The van der Waals surface area contributed by atoms with Crippen molar-refractivity contribution < 1.29 is 5.11 Å². The maximum absolute atomic E-state index is 10.8. The van der Waals surface area contributed by atoms with E-state index in [-0.39, 0.29) is 5.41 Å². The summed E-state index contributed by atoms with van der Waals surface area (Å²) in [4.78, 5) is 4.32. The lowest BCUT2D eigenvalue weighted by molar-refractivity contribution is 0.0340. The molecule has 0 bridgehead atoms. The summed E-state index contributed by atoms with van der Waals surface area (Å²) in [7, 11) is 0. The monoisotopic (exact) mass is 241 g/mol. The predicted octanol–water partition coefficient (Wildman–Crippen LogP) is 3.63. The third-order valence-electron chi connectivity index (χ3n) is 4.13. The molecule has 1 aromatic carbocycles. The van der Waals surface area contributed by atoms with E-state index in [1.165, 1.54) is 0 Å². The minimum Gasteiger partial charge on any atom is -0.385 e. The second-order valence-electron chi connectivity index (χ2n) is 6.28. The third-order valence-corrected chi connectivity index (χ3v) is 4.13. The summed E-state index contributed by atoms with van der Waals surface area (Å²) in [5, 5.41) is 11.9. The SMILES string of the molecule is CC1(C)CCC(O)(c2ccc3ncccc3c2)C1. The molecule has 94 valence electrons. The first kappa shape index (κ1) is 11.7. The first-order valence-electron chi connectivity index (χ1n) is 6.56. The molecule has 1 aliphatic carbocycles. The zero-order valence-corrected chi connectivity index (χ0v) is 11.0. The molecule has 1 atom stereocenters. The van der Waals surface area contributed by atoms with Crippen LogP contribution in [0.2, 0.25) is 0 Å². The number of rotatable bonds is 1. The van der Waals surface area contributed by atoms with Gasteiger partial charge in [0.15, 0.2) is 0 Å². The van der Waals surface area contributed by atoms with Gasteiger partial charge in [-0.05, 0) is 48.4 Å². The maximum atomic E-state index is 10.8. The molecule has 2 heteroatoms. The number of aromatic nitrogens is 1. The standard InChI is InChI=1S/C16H19NO/c1-15(2)7-8-16(18,11-15)13-5-6-14-12(10-13)4-3-9-17-14/h3-6,9-10,18H,7-8,11H2,1-2H3. The molecular weight excluding hydrogens is 222 g/mol. The van der Waals surface area contributed by atoms with Gasteiger partial charge in [0, 0.05) is 11.6 Å². The van der Waals surface area contributed by atoms with Crippen molar-refractivity contribution in [3.8, 4) is 0 Å². The van der Waals surface area contributed by atoms with Crippen LogP contribution in [0.25, 0.3) is 10.9 Å². The lowest BCUT2D eigenvalue weighted by atomic mass is 9.85. The van der Waals surface area contributed by atoms with Gasteiger partial charge >= 0.3 is 0 Å². The van der Waals surface area contributed by atoms with Crippen LogP contribution >= 0.6 is 0 Å². The molecule has 0 spiro atoms. The summed E-state index contributed by atoms with van der Waals surface area (Å²) in [6, 6.07) is 10.1. The van der Waals surface area contributed by atoms with Gasteiger partial charge in [0.05, 0.1) is 11.1 Å². The van der Waals surface area contributed by atoms with Crippen LogP contribution in [0.5, 0.6) is 0 Å². The van der Waals surface area contributed by atoms with E-state index >= 15 is 0 Å². The number of pyridine rings is 1. The molecule has 1 N–H and O–H groups in total. The number of fused-ring (bicyclic) bond motifs is 1. The molecule has 0 saturated heterocycles. The highest BCUT2D eigenvalue weighted by Crippen LogP contribution is 2.49. The fraction of sp³-hybridized carbons (Fsp3) is 0.438. The molecule has 1 unspecified atom stereocenters. The average Bonchev–Trinajstić information content (AvgIpc) is 2.64. The highest BCUT2D eigenvalue weighted by molar-refractivity contribution is 5.79. The zero-order valence-electron chi connectivity index (χ0n) is 11.0. The Morgan fingerprint density at radius 1 is 1.17 bits per heavy atom. The fourth-order valence-corrected chi connectivity index (χ4v) is 3.13. The van der Waals surface area contributed by atoms with Crippen molar-refractivity contribution >= 4 is 10.9 Å². The van der Waals surface area contributed by atoms with Crippen LogP contribution in [-0.2, 0) is 5.60 Å². The van der Waals surface area contributed by atoms with E-state index in [0.29, 0.717) is 0 Å².